The predicted octanol–water partition coefficient (Wildman–Crippen LogP) is 2.28. The molecular formula is C9H8ClFO2. The molecule has 0 aliphatic carbocycles. The molecule has 0 aromatic heterocycles. The maximum absolute atomic E-state index is 12.5. The number of carbonyl (C=O) groups is 1. The highest BCUT2D eigenvalue weighted by molar-refractivity contribution is 6.29. The monoisotopic (exact) mass is 202 g/mol. The summed E-state index contributed by atoms with van der Waals surface area (Å²) in [5.41, 5.74) is 0.523. The number of hydrogen-bond donors (Lipinski definition) is 0. The molecule has 1 rings (SSSR count). The zero-order chi connectivity index (χ0) is 9.84. The number of carbonyl (C=O) groups excluding carboxylic acids is 1. The van der Waals surface area contributed by atoms with Crippen LogP contribution in [-0.4, -0.2) is 13.1 Å². The second-order valence-electron chi connectivity index (χ2n) is 2.44. The number of rotatable bonds is 2. The summed E-state index contributed by atoms with van der Waals surface area (Å²) in [6.07, 6.45) is 0. The highest BCUT2D eigenvalue weighted by atomic mass is 35.5. The van der Waals surface area contributed by atoms with Gasteiger partial charge < -0.3 is 4.74 Å². The van der Waals surface area contributed by atoms with Crippen molar-refractivity contribution in [1.82, 2.24) is 0 Å². The predicted molar refractivity (Wildman–Crippen MR) is 47.0 cm³/mol. The third kappa shape index (κ3) is 2.42. The lowest BCUT2D eigenvalue weighted by molar-refractivity contribution is -0.140. The summed E-state index contributed by atoms with van der Waals surface area (Å²) in [6, 6.07) is 5.38. The second kappa shape index (κ2) is 4.23. The number of halogens is 2. The summed E-state index contributed by atoms with van der Waals surface area (Å²) >= 11 is 5.71. The van der Waals surface area contributed by atoms with Gasteiger partial charge in [0.2, 0.25) is 0 Å². The van der Waals surface area contributed by atoms with Crippen molar-refractivity contribution in [1.29, 1.82) is 0 Å². The highest BCUT2D eigenvalue weighted by Crippen LogP contribution is 2.21. The molecule has 0 saturated carbocycles. The Labute approximate surface area is 80.3 Å². The largest absolute Gasteiger partial charge is 0.468 e. The van der Waals surface area contributed by atoms with Gasteiger partial charge in [-0.25, -0.2) is 4.39 Å². The third-order valence-corrected chi connectivity index (χ3v) is 2.00. The summed E-state index contributed by atoms with van der Waals surface area (Å²) < 4.78 is 16.9. The van der Waals surface area contributed by atoms with E-state index in [1.165, 1.54) is 31.4 Å². The van der Waals surface area contributed by atoms with Gasteiger partial charge in [0.05, 0.1) is 7.11 Å². The summed E-state index contributed by atoms with van der Waals surface area (Å²) in [4.78, 5) is 10.9. The number of benzene rings is 1. The lowest BCUT2D eigenvalue weighted by Gasteiger charge is -2.06. The molecule has 0 aliphatic rings. The number of alkyl halides is 1. The molecule has 1 aromatic carbocycles. The minimum atomic E-state index is -0.870. The van der Waals surface area contributed by atoms with Crippen LogP contribution in [0.5, 0.6) is 0 Å². The Morgan fingerprint density at radius 3 is 2.46 bits per heavy atom. The van der Waals surface area contributed by atoms with Crippen molar-refractivity contribution in [2.75, 3.05) is 7.11 Å². The minimum absolute atomic E-state index is 0.363. The van der Waals surface area contributed by atoms with E-state index in [9.17, 15) is 9.18 Å². The number of methoxy groups -OCH3 is 1. The van der Waals surface area contributed by atoms with Gasteiger partial charge in [-0.1, -0.05) is 12.1 Å². The highest BCUT2D eigenvalue weighted by Gasteiger charge is 2.17. The Hall–Kier alpha value is -1.09. The third-order valence-electron chi connectivity index (χ3n) is 1.57. The van der Waals surface area contributed by atoms with E-state index >= 15 is 0 Å². The van der Waals surface area contributed by atoms with Crippen molar-refractivity contribution >= 4 is 17.6 Å². The topological polar surface area (TPSA) is 26.3 Å². The van der Waals surface area contributed by atoms with Gasteiger partial charge in [-0.3, -0.25) is 4.79 Å². The molecule has 0 saturated heterocycles. The Morgan fingerprint density at radius 1 is 1.46 bits per heavy atom. The van der Waals surface area contributed by atoms with Gasteiger partial charge in [0.25, 0.3) is 0 Å². The van der Waals surface area contributed by atoms with Crippen molar-refractivity contribution in [3.63, 3.8) is 0 Å². The Balaban J connectivity index is 2.83. The van der Waals surface area contributed by atoms with Gasteiger partial charge in [0.15, 0.2) is 5.38 Å². The molecule has 4 heteroatoms. The molecule has 0 unspecified atom stereocenters. The van der Waals surface area contributed by atoms with E-state index in [1.54, 1.807) is 0 Å². The first-order chi connectivity index (χ1) is 6.15. The molecule has 2 nitrogen and oxygen atoms in total. The van der Waals surface area contributed by atoms with Crippen LogP contribution < -0.4 is 0 Å². The van der Waals surface area contributed by atoms with E-state index in [2.05, 4.69) is 4.74 Å². The van der Waals surface area contributed by atoms with Crippen LogP contribution in [0.4, 0.5) is 4.39 Å². The van der Waals surface area contributed by atoms with Crippen molar-refractivity contribution in [2.45, 2.75) is 5.38 Å². The molecule has 0 aliphatic heterocycles. The zero-order valence-corrected chi connectivity index (χ0v) is 7.72. The first-order valence-corrected chi connectivity index (χ1v) is 4.06. The lowest BCUT2D eigenvalue weighted by Crippen LogP contribution is -2.08. The number of esters is 1. The van der Waals surface area contributed by atoms with Gasteiger partial charge in [-0.15, -0.1) is 11.6 Å². The first-order valence-electron chi connectivity index (χ1n) is 3.62. The molecule has 0 bridgehead atoms. The first kappa shape index (κ1) is 9.99. The van der Waals surface area contributed by atoms with Gasteiger partial charge in [0.1, 0.15) is 5.82 Å². The van der Waals surface area contributed by atoms with Crippen LogP contribution in [0.15, 0.2) is 24.3 Å². The Kier molecular flexibility index (Phi) is 3.25. The average molecular weight is 203 g/mol. The van der Waals surface area contributed by atoms with Crippen LogP contribution in [0.3, 0.4) is 0 Å². The van der Waals surface area contributed by atoms with Gasteiger partial charge >= 0.3 is 5.97 Å². The van der Waals surface area contributed by atoms with E-state index in [4.69, 9.17) is 11.6 Å². The smallest absolute Gasteiger partial charge is 0.328 e. The molecule has 1 aromatic rings. The van der Waals surface area contributed by atoms with E-state index < -0.39 is 11.3 Å². The fourth-order valence-electron chi connectivity index (χ4n) is 0.871. The van der Waals surface area contributed by atoms with Gasteiger partial charge in [-0.05, 0) is 17.7 Å². The van der Waals surface area contributed by atoms with E-state index in [0.717, 1.165) is 0 Å². The fourth-order valence-corrected chi connectivity index (χ4v) is 1.11. The quantitative estimate of drug-likeness (QED) is 0.543. The molecule has 0 fully saturated rings. The summed E-state index contributed by atoms with van der Waals surface area (Å²) in [5.74, 6) is -0.911. The number of hydrogen-bond acceptors (Lipinski definition) is 2. The molecule has 0 radical (unpaired) electrons. The summed E-state index contributed by atoms with van der Waals surface area (Å²) in [6.45, 7) is 0. The molecule has 70 valence electrons. The lowest BCUT2D eigenvalue weighted by atomic mass is 10.1. The number of ether oxygens (including phenoxy) is 1. The van der Waals surface area contributed by atoms with Crippen LogP contribution in [-0.2, 0) is 9.53 Å². The molecule has 0 spiro atoms. The molecule has 1 atom stereocenters. The normalized spacial score (nSPS) is 12.2. The molecule has 13 heavy (non-hydrogen) atoms. The van der Waals surface area contributed by atoms with Crippen LogP contribution in [0, 0.1) is 5.82 Å². The van der Waals surface area contributed by atoms with Crippen LogP contribution in [0.2, 0.25) is 0 Å². The molecule has 0 amide bonds. The van der Waals surface area contributed by atoms with E-state index in [-0.39, 0.29) is 5.82 Å². The Morgan fingerprint density at radius 2 is 2.00 bits per heavy atom. The average Bonchev–Trinajstić information content (AvgIpc) is 2.17. The second-order valence-corrected chi connectivity index (χ2v) is 2.87. The minimum Gasteiger partial charge on any atom is -0.468 e. The molecular weight excluding hydrogens is 195 g/mol. The summed E-state index contributed by atoms with van der Waals surface area (Å²) in [5, 5.41) is -0.870. The van der Waals surface area contributed by atoms with Crippen molar-refractivity contribution in [2.24, 2.45) is 0 Å². The van der Waals surface area contributed by atoms with E-state index in [1.807, 2.05) is 0 Å². The molecule has 0 N–H and O–H groups in total. The maximum Gasteiger partial charge on any atom is 0.328 e. The Bertz CT molecular complexity index is 297. The SMILES string of the molecule is COC(=O)[C@@H](Cl)c1ccc(F)cc1. The van der Waals surface area contributed by atoms with Crippen LogP contribution in [0.1, 0.15) is 10.9 Å². The fraction of sp³-hybridized carbons (Fsp3) is 0.222. The maximum atomic E-state index is 12.5. The zero-order valence-electron chi connectivity index (χ0n) is 6.96. The van der Waals surface area contributed by atoms with Crippen LogP contribution >= 0.6 is 11.6 Å². The van der Waals surface area contributed by atoms with E-state index in [0.29, 0.717) is 5.56 Å². The van der Waals surface area contributed by atoms with Gasteiger partial charge in [0, 0.05) is 0 Å². The van der Waals surface area contributed by atoms with Crippen molar-refractivity contribution in [3.8, 4) is 0 Å². The van der Waals surface area contributed by atoms with Crippen LogP contribution in [0.25, 0.3) is 0 Å². The standard InChI is InChI=1S/C9H8ClFO2/c1-13-9(12)8(10)6-2-4-7(11)5-3-6/h2-5,8H,1H3/t8-/m0/s1. The molecule has 0 heterocycles. The van der Waals surface area contributed by atoms with Crippen molar-refractivity contribution in [3.05, 3.63) is 35.6 Å². The van der Waals surface area contributed by atoms with Gasteiger partial charge in [-0.2, -0.15) is 0 Å². The summed E-state index contributed by atoms with van der Waals surface area (Å²) in [7, 11) is 1.25. The van der Waals surface area contributed by atoms with Crippen molar-refractivity contribution < 1.29 is 13.9 Å².